The Morgan fingerprint density at radius 1 is 0.300 bits per heavy atom. The average Bonchev–Trinajstić information content (AvgIpc) is 3.98. The molecule has 0 radical (unpaired) electrons. The van der Waals surface area contributed by atoms with Crippen LogP contribution in [-0.4, -0.2) is 19.5 Å². The molecular weight excluding hydrogens is 869 g/mol. The van der Waals surface area contributed by atoms with E-state index in [0.29, 0.717) is 17.5 Å². The molecule has 15 aromatic rings. The van der Waals surface area contributed by atoms with Gasteiger partial charge in [0.1, 0.15) is 0 Å². The largest absolute Gasteiger partial charge is 0.309 e. The fourth-order valence-corrected chi connectivity index (χ4v) is 12.4. The zero-order chi connectivity index (χ0) is 45.9. The van der Waals surface area contributed by atoms with Crippen LogP contribution in [0.25, 0.3) is 147 Å². The fraction of sp³-hybridized carbons (Fsp3) is 0. The van der Waals surface area contributed by atoms with Gasteiger partial charge in [-0.25, -0.2) is 15.0 Å². The van der Waals surface area contributed by atoms with Crippen LogP contribution in [0.3, 0.4) is 0 Å². The van der Waals surface area contributed by atoms with Crippen LogP contribution in [0.4, 0.5) is 0 Å². The number of hydrogen-bond donors (Lipinski definition) is 0. The maximum absolute atomic E-state index is 5.44. The zero-order valence-electron chi connectivity index (χ0n) is 37.6. The third-order valence-corrected chi connectivity index (χ3v) is 15.6. The second-order valence-electron chi connectivity index (χ2n) is 18.3. The van der Waals surface area contributed by atoms with Crippen molar-refractivity contribution in [1.29, 1.82) is 0 Å². The van der Waals surface area contributed by atoms with Crippen molar-refractivity contribution in [3.8, 4) is 51.0 Å². The number of fused-ring (bicyclic) bond motifs is 15. The maximum atomic E-state index is 5.44. The molecule has 0 unspecified atom stereocenters. The van der Waals surface area contributed by atoms with Crippen molar-refractivity contribution in [2.45, 2.75) is 0 Å². The minimum absolute atomic E-state index is 0.612. The standard InChI is InChI=1S/C65H38N4S/c1-2-16-39(17-3-1)63-66-64(43-30-32-50-48-24-9-8-22-46(48)47-23-10-11-25-49(47)53(50)36-43)68-65(67-63)44-31-33-58(69-57-28-14-12-26-51(57)54-34-40-18-4-5-19-41(40)38-59(54)69)55(37-44)56-35-42-20-6-7-21-45(42)62-61(56)52-27-13-15-29-60(52)70-62/h1-38H. The molecule has 5 heteroatoms. The van der Waals surface area contributed by atoms with E-state index in [9.17, 15) is 0 Å². The highest BCUT2D eigenvalue weighted by Crippen LogP contribution is 2.48. The van der Waals surface area contributed by atoms with Gasteiger partial charge < -0.3 is 4.57 Å². The number of thiophene rings is 1. The molecule has 0 aliphatic rings. The molecule has 15 rings (SSSR count). The van der Waals surface area contributed by atoms with Gasteiger partial charge in [-0.15, -0.1) is 11.3 Å². The highest BCUT2D eigenvalue weighted by Gasteiger charge is 2.23. The number of benzene rings is 12. The van der Waals surface area contributed by atoms with Crippen LogP contribution in [0.1, 0.15) is 0 Å². The van der Waals surface area contributed by atoms with Crippen molar-refractivity contribution in [3.05, 3.63) is 231 Å². The Hall–Kier alpha value is -9.03. The summed E-state index contributed by atoms with van der Waals surface area (Å²) in [5.74, 6) is 1.86. The summed E-state index contributed by atoms with van der Waals surface area (Å²) in [4.78, 5) is 16.0. The molecule has 0 aliphatic heterocycles. The Morgan fingerprint density at radius 3 is 1.56 bits per heavy atom. The average molecular weight is 907 g/mol. The molecule has 324 valence electrons. The first-order chi connectivity index (χ1) is 34.7. The van der Waals surface area contributed by atoms with Crippen molar-refractivity contribution >= 4 is 107 Å². The lowest BCUT2D eigenvalue weighted by Crippen LogP contribution is -2.02. The van der Waals surface area contributed by atoms with E-state index in [2.05, 4.69) is 217 Å². The smallest absolute Gasteiger partial charge is 0.164 e. The van der Waals surface area contributed by atoms with Gasteiger partial charge in [0.25, 0.3) is 0 Å². The number of aromatic nitrogens is 4. The van der Waals surface area contributed by atoms with Gasteiger partial charge >= 0.3 is 0 Å². The molecule has 0 spiro atoms. The molecule has 0 bridgehead atoms. The van der Waals surface area contributed by atoms with Crippen LogP contribution in [0.15, 0.2) is 231 Å². The zero-order valence-corrected chi connectivity index (χ0v) is 38.5. The number of para-hydroxylation sites is 1. The Morgan fingerprint density at radius 2 is 0.829 bits per heavy atom. The summed E-state index contributed by atoms with van der Waals surface area (Å²) in [6.45, 7) is 0. The number of hydrogen-bond acceptors (Lipinski definition) is 4. The fourth-order valence-electron chi connectivity index (χ4n) is 11.2. The topological polar surface area (TPSA) is 43.6 Å². The second-order valence-corrected chi connectivity index (χ2v) is 19.3. The van der Waals surface area contributed by atoms with E-state index in [-0.39, 0.29) is 0 Å². The summed E-state index contributed by atoms with van der Waals surface area (Å²) in [5.41, 5.74) is 8.43. The van der Waals surface area contributed by atoms with E-state index in [1.54, 1.807) is 0 Å². The van der Waals surface area contributed by atoms with E-state index in [1.807, 2.05) is 29.5 Å². The molecular formula is C65H38N4S. The number of nitrogens with zero attached hydrogens (tertiary/aromatic N) is 4. The molecule has 0 atom stereocenters. The highest BCUT2D eigenvalue weighted by molar-refractivity contribution is 7.26. The summed E-state index contributed by atoms with van der Waals surface area (Å²) in [6, 6.07) is 83.5. The first-order valence-electron chi connectivity index (χ1n) is 23.8. The number of rotatable bonds is 5. The van der Waals surface area contributed by atoms with E-state index in [4.69, 9.17) is 15.0 Å². The van der Waals surface area contributed by atoms with E-state index in [1.165, 1.54) is 90.4 Å². The minimum Gasteiger partial charge on any atom is -0.309 e. The van der Waals surface area contributed by atoms with Crippen LogP contribution >= 0.6 is 11.3 Å². The lowest BCUT2D eigenvalue weighted by molar-refractivity contribution is 1.07. The van der Waals surface area contributed by atoms with Gasteiger partial charge in [-0.1, -0.05) is 176 Å². The minimum atomic E-state index is 0.612. The van der Waals surface area contributed by atoms with Gasteiger partial charge in [-0.2, -0.15) is 0 Å². The highest BCUT2D eigenvalue weighted by atomic mass is 32.1. The first kappa shape index (κ1) is 39.0. The predicted molar refractivity (Wildman–Crippen MR) is 296 cm³/mol. The molecule has 0 aliphatic carbocycles. The normalized spacial score (nSPS) is 12.0. The van der Waals surface area contributed by atoms with Crippen LogP contribution in [0.2, 0.25) is 0 Å². The Balaban J connectivity index is 1.03. The van der Waals surface area contributed by atoms with Crippen LogP contribution < -0.4 is 0 Å². The Labute approximate surface area is 406 Å². The predicted octanol–water partition coefficient (Wildman–Crippen LogP) is 17.8. The van der Waals surface area contributed by atoms with E-state index in [0.717, 1.165) is 39.0 Å². The van der Waals surface area contributed by atoms with Gasteiger partial charge in [-0.05, 0) is 114 Å². The molecule has 0 N–H and O–H groups in total. The molecule has 0 saturated heterocycles. The summed E-state index contributed by atoms with van der Waals surface area (Å²) < 4.78 is 5.02. The lowest BCUT2D eigenvalue weighted by Gasteiger charge is -2.18. The third-order valence-electron chi connectivity index (χ3n) is 14.4. The van der Waals surface area contributed by atoms with E-state index < -0.39 is 0 Å². The summed E-state index contributed by atoms with van der Waals surface area (Å²) in [7, 11) is 0. The molecule has 3 heterocycles. The Bertz CT molecular complexity index is 4630. The summed E-state index contributed by atoms with van der Waals surface area (Å²) in [6.07, 6.45) is 0. The van der Waals surface area contributed by atoms with Crippen molar-refractivity contribution in [1.82, 2.24) is 19.5 Å². The molecule has 0 saturated carbocycles. The van der Waals surface area contributed by atoms with Gasteiger partial charge in [0.2, 0.25) is 0 Å². The van der Waals surface area contributed by atoms with Crippen molar-refractivity contribution in [2.75, 3.05) is 0 Å². The van der Waals surface area contributed by atoms with Crippen LogP contribution in [-0.2, 0) is 0 Å². The van der Waals surface area contributed by atoms with Crippen molar-refractivity contribution in [3.63, 3.8) is 0 Å². The van der Waals surface area contributed by atoms with Gasteiger partial charge in [0, 0.05) is 53.2 Å². The van der Waals surface area contributed by atoms with Crippen molar-refractivity contribution < 1.29 is 0 Å². The van der Waals surface area contributed by atoms with E-state index >= 15 is 0 Å². The second kappa shape index (κ2) is 15.2. The molecule has 0 fully saturated rings. The summed E-state index contributed by atoms with van der Waals surface area (Å²) >= 11 is 1.87. The summed E-state index contributed by atoms with van der Waals surface area (Å²) in [5, 5.41) is 17.1. The third kappa shape index (κ3) is 5.92. The van der Waals surface area contributed by atoms with Crippen LogP contribution in [0.5, 0.6) is 0 Å². The van der Waals surface area contributed by atoms with Gasteiger partial charge in [0.15, 0.2) is 17.5 Å². The SMILES string of the molecule is c1ccc(-c2nc(-c3ccc(-n4c5ccccc5c5cc6ccccc6cc54)c(-c4cc5ccccc5c5sc6ccccc6c45)c3)nc(-c3ccc4c5ccccc5c5ccccc5c4c3)n2)cc1. The Kier molecular flexibility index (Phi) is 8.49. The molecule has 0 amide bonds. The first-order valence-corrected chi connectivity index (χ1v) is 24.6. The maximum Gasteiger partial charge on any atom is 0.164 e. The molecule has 12 aromatic carbocycles. The quantitative estimate of drug-likeness (QED) is 0.162. The molecule has 4 nitrogen and oxygen atoms in total. The lowest BCUT2D eigenvalue weighted by atomic mass is 9.93. The molecule has 70 heavy (non-hydrogen) atoms. The van der Waals surface area contributed by atoms with Crippen molar-refractivity contribution in [2.24, 2.45) is 0 Å². The van der Waals surface area contributed by atoms with Gasteiger partial charge in [0.05, 0.1) is 16.7 Å². The van der Waals surface area contributed by atoms with Crippen LogP contribution in [0, 0.1) is 0 Å². The van der Waals surface area contributed by atoms with Gasteiger partial charge in [-0.3, -0.25) is 0 Å². The molecule has 3 aromatic heterocycles. The monoisotopic (exact) mass is 906 g/mol.